The van der Waals surface area contributed by atoms with Gasteiger partial charge in [0.1, 0.15) is 12.4 Å². The monoisotopic (exact) mass is 216 g/mol. The van der Waals surface area contributed by atoms with Crippen LogP contribution in [0.2, 0.25) is 0 Å². The highest BCUT2D eigenvalue weighted by atomic mass is 79.9. The molecule has 1 aromatic rings. The SMILES string of the molecule is C=C(Br)Cc1ccoc1CO. The van der Waals surface area contributed by atoms with Gasteiger partial charge in [-0.3, -0.25) is 0 Å². The highest BCUT2D eigenvalue weighted by Gasteiger charge is 2.04. The highest BCUT2D eigenvalue weighted by molar-refractivity contribution is 9.11. The van der Waals surface area contributed by atoms with Crippen LogP contribution in [0.25, 0.3) is 0 Å². The fourth-order valence-corrected chi connectivity index (χ4v) is 1.17. The highest BCUT2D eigenvalue weighted by Crippen LogP contribution is 2.16. The standard InChI is InChI=1S/C8H9BrO2/c1-6(9)4-7-2-3-11-8(7)5-10/h2-3,10H,1,4-5H2. The van der Waals surface area contributed by atoms with Crippen molar-refractivity contribution >= 4 is 15.9 Å². The summed E-state index contributed by atoms with van der Waals surface area (Å²) < 4.78 is 5.89. The molecule has 0 fully saturated rings. The summed E-state index contributed by atoms with van der Waals surface area (Å²) in [6, 6.07) is 1.83. The smallest absolute Gasteiger partial charge is 0.132 e. The summed E-state index contributed by atoms with van der Waals surface area (Å²) in [4.78, 5) is 0. The van der Waals surface area contributed by atoms with Gasteiger partial charge in [0.2, 0.25) is 0 Å². The predicted molar refractivity (Wildman–Crippen MR) is 46.4 cm³/mol. The van der Waals surface area contributed by atoms with E-state index in [-0.39, 0.29) is 6.61 Å². The van der Waals surface area contributed by atoms with Crippen molar-refractivity contribution in [3.63, 3.8) is 0 Å². The molecular formula is C8H9BrO2. The minimum Gasteiger partial charge on any atom is -0.467 e. The molecule has 0 aromatic carbocycles. The number of rotatable bonds is 3. The molecule has 0 atom stereocenters. The van der Waals surface area contributed by atoms with E-state index >= 15 is 0 Å². The molecule has 0 spiro atoms. The van der Waals surface area contributed by atoms with E-state index in [4.69, 9.17) is 9.52 Å². The number of hydrogen-bond acceptors (Lipinski definition) is 2. The fourth-order valence-electron chi connectivity index (χ4n) is 0.870. The van der Waals surface area contributed by atoms with E-state index < -0.39 is 0 Å². The third-order valence-corrected chi connectivity index (χ3v) is 1.64. The minimum atomic E-state index is -0.0530. The number of furan rings is 1. The Morgan fingerprint density at radius 1 is 1.73 bits per heavy atom. The maximum Gasteiger partial charge on any atom is 0.132 e. The molecule has 2 nitrogen and oxygen atoms in total. The summed E-state index contributed by atoms with van der Waals surface area (Å²) in [7, 11) is 0. The Balaban J connectivity index is 2.76. The maximum atomic E-state index is 8.78. The van der Waals surface area contributed by atoms with Crippen molar-refractivity contribution < 1.29 is 9.52 Å². The van der Waals surface area contributed by atoms with Gasteiger partial charge in [-0.2, -0.15) is 0 Å². The molecule has 1 rings (SSSR count). The van der Waals surface area contributed by atoms with E-state index in [9.17, 15) is 0 Å². The lowest BCUT2D eigenvalue weighted by atomic mass is 10.2. The first-order valence-corrected chi connectivity index (χ1v) is 4.02. The van der Waals surface area contributed by atoms with Crippen LogP contribution in [0.3, 0.4) is 0 Å². The van der Waals surface area contributed by atoms with E-state index in [0.717, 1.165) is 10.0 Å². The van der Waals surface area contributed by atoms with Gasteiger partial charge in [-0.15, -0.1) is 0 Å². The average molecular weight is 217 g/mol. The molecule has 0 saturated heterocycles. The summed E-state index contributed by atoms with van der Waals surface area (Å²) >= 11 is 3.24. The van der Waals surface area contributed by atoms with Gasteiger partial charge in [-0.25, -0.2) is 0 Å². The Morgan fingerprint density at radius 2 is 2.45 bits per heavy atom. The molecule has 0 bridgehead atoms. The fraction of sp³-hybridized carbons (Fsp3) is 0.250. The normalized spacial score (nSPS) is 10.0. The number of allylic oxidation sites excluding steroid dienone is 1. The lowest BCUT2D eigenvalue weighted by Crippen LogP contribution is -1.87. The number of halogens is 1. The Bertz CT molecular complexity index is 252. The molecule has 1 N–H and O–H groups in total. The lowest BCUT2D eigenvalue weighted by molar-refractivity contribution is 0.246. The second kappa shape index (κ2) is 3.74. The van der Waals surface area contributed by atoms with Crippen LogP contribution in [0.15, 0.2) is 27.8 Å². The van der Waals surface area contributed by atoms with Crippen molar-refractivity contribution in [2.45, 2.75) is 13.0 Å². The Labute approximate surface area is 73.7 Å². The summed E-state index contributed by atoms with van der Waals surface area (Å²) in [6.07, 6.45) is 2.27. The van der Waals surface area contributed by atoms with Crippen LogP contribution < -0.4 is 0 Å². The van der Waals surface area contributed by atoms with Gasteiger partial charge in [-0.1, -0.05) is 22.5 Å². The van der Waals surface area contributed by atoms with Crippen LogP contribution >= 0.6 is 15.9 Å². The molecule has 1 heterocycles. The molecular weight excluding hydrogens is 208 g/mol. The van der Waals surface area contributed by atoms with Crippen molar-refractivity contribution in [1.82, 2.24) is 0 Å². The zero-order valence-corrected chi connectivity index (χ0v) is 7.60. The van der Waals surface area contributed by atoms with Crippen LogP contribution in [-0.2, 0) is 13.0 Å². The Morgan fingerprint density at radius 3 is 3.00 bits per heavy atom. The van der Waals surface area contributed by atoms with Gasteiger partial charge in [0.15, 0.2) is 0 Å². The van der Waals surface area contributed by atoms with Gasteiger partial charge in [0, 0.05) is 12.0 Å². The van der Waals surface area contributed by atoms with E-state index in [0.29, 0.717) is 12.2 Å². The maximum absolute atomic E-state index is 8.78. The number of hydrogen-bond donors (Lipinski definition) is 1. The molecule has 0 amide bonds. The van der Waals surface area contributed by atoms with Gasteiger partial charge >= 0.3 is 0 Å². The summed E-state index contributed by atoms with van der Waals surface area (Å²) in [5.41, 5.74) is 0.981. The molecule has 60 valence electrons. The zero-order valence-electron chi connectivity index (χ0n) is 6.01. The first-order valence-electron chi connectivity index (χ1n) is 3.23. The Hall–Kier alpha value is -0.540. The van der Waals surface area contributed by atoms with E-state index in [1.54, 1.807) is 6.26 Å². The van der Waals surface area contributed by atoms with Gasteiger partial charge in [0.05, 0.1) is 6.26 Å². The van der Waals surface area contributed by atoms with E-state index in [1.807, 2.05) is 6.07 Å². The van der Waals surface area contributed by atoms with Crippen LogP contribution in [0.5, 0.6) is 0 Å². The largest absolute Gasteiger partial charge is 0.467 e. The van der Waals surface area contributed by atoms with Gasteiger partial charge in [-0.05, 0) is 10.5 Å². The number of aliphatic hydroxyl groups is 1. The van der Waals surface area contributed by atoms with E-state index in [2.05, 4.69) is 22.5 Å². The predicted octanol–water partition coefficient (Wildman–Crippen LogP) is 2.22. The van der Waals surface area contributed by atoms with E-state index in [1.165, 1.54) is 0 Å². The molecule has 0 aliphatic rings. The second-order valence-electron chi connectivity index (χ2n) is 2.22. The molecule has 11 heavy (non-hydrogen) atoms. The third kappa shape index (κ3) is 2.20. The lowest BCUT2D eigenvalue weighted by Gasteiger charge is -1.96. The van der Waals surface area contributed by atoms with Crippen molar-refractivity contribution in [3.8, 4) is 0 Å². The summed E-state index contributed by atoms with van der Waals surface area (Å²) in [6.45, 7) is 3.65. The quantitative estimate of drug-likeness (QED) is 0.841. The van der Waals surface area contributed by atoms with Crippen LogP contribution in [0.4, 0.5) is 0 Å². The van der Waals surface area contributed by atoms with Crippen molar-refractivity contribution in [2.75, 3.05) is 0 Å². The minimum absolute atomic E-state index is 0.0530. The Kier molecular flexibility index (Phi) is 2.91. The summed E-state index contributed by atoms with van der Waals surface area (Å²) in [5.74, 6) is 0.616. The van der Waals surface area contributed by atoms with Crippen LogP contribution in [0, 0.1) is 0 Å². The van der Waals surface area contributed by atoms with Crippen molar-refractivity contribution in [1.29, 1.82) is 0 Å². The molecule has 3 heteroatoms. The topological polar surface area (TPSA) is 33.4 Å². The van der Waals surface area contributed by atoms with Gasteiger partial charge in [0.25, 0.3) is 0 Å². The first-order chi connectivity index (χ1) is 5.24. The van der Waals surface area contributed by atoms with Crippen LogP contribution in [0.1, 0.15) is 11.3 Å². The van der Waals surface area contributed by atoms with Gasteiger partial charge < -0.3 is 9.52 Å². The number of aliphatic hydroxyl groups excluding tert-OH is 1. The summed E-state index contributed by atoms with van der Waals surface area (Å²) in [5, 5.41) is 8.78. The molecule has 0 aliphatic carbocycles. The molecule has 0 radical (unpaired) electrons. The molecule has 0 aliphatic heterocycles. The van der Waals surface area contributed by atoms with Crippen molar-refractivity contribution in [2.24, 2.45) is 0 Å². The first kappa shape index (κ1) is 8.56. The van der Waals surface area contributed by atoms with Crippen molar-refractivity contribution in [3.05, 3.63) is 34.7 Å². The van der Waals surface area contributed by atoms with Crippen LogP contribution in [-0.4, -0.2) is 5.11 Å². The molecule has 0 unspecified atom stereocenters. The zero-order chi connectivity index (χ0) is 8.27. The molecule has 1 aromatic heterocycles. The average Bonchev–Trinajstić information content (AvgIpc) is 2.34. The third-order valence-electron chi connectivity index (χ3n) is 1.36. The molecule has 0 saturated carbocycles. The second-order valence-corrected chi connectivity index (χ2v) is 3.34.